The lowest BCUT2D eigenvalue weighted by Gasteiger charge is -2.34. The Labute approximate surface area is 169 Å². The van der Waals surface area contributed by atoms with Crippen LogP contribution in [0.2, 0.25) is 0 Å². The van der Waals surface area contributed by atoms with E-state index >= 15 is 0 Å². The molecule has 156 valence electrons. The van der Waals surface area contributed by atoms with Gasteiger partial charge in [0.15, 0.2) is 0 Å². The van der Waals surface area contributed by atoms with E-state index in [1.165, 1.54) is 28.6 Å². The number of nitrogens with zero attached hydrogens (tertiary/aromatic N) is 3. The van der Waals surface area contributed by atoms with E-state index in [9.17, 15) is 18.0 Å². The Balaban J connectivity index is 1.68. The maximum atomic E-state index is 12.9. The number of aryl methyl sites for hydroxylation is 2. The van der Waals surface area contributed by atoms with Crippen LogP contribution in [0.5, 0.6) is 0 Å². The van der Waals surface area contributed by atoms with Gasteiger partial charge >= 0.3 is 5.97 Å². The summed E-state index contributed by atoms with van der Waals surface area (Å²) < 4.78 is 37.1. The van der Waals surface area contributed by atoms with Crippen molar-refractivity contribution in [2.45, 2.75) is 25.7 Å². The summed E-state index contributed by atoms with van der Waals surface area (Å²) in [6.07, 6.45) is 0. The standard InChI is InChI=1S/C19H23N3O6S/c1-4-27-19(24)15-5-7-16(8-6-15)29(25,26)22-11-9-21(10-12-22)18(23)17-13(2)20-28-14(17)3/h5-8H,4,9-12H2,1-3H3. The molecule has 1 fully saturated rings. The van der Waals surface area contributed by atoms with E-state index in [0.29, 0.717) is 22.6 Å². The van der Waals surface area contributed by atoms with Crippen molar-refractivity contribution >= 4 is 21.9 Å². The van der Waals surface area contributed by atoms with Gasteiger partial charge in [-0.15, -0.1) is 0 Å². The van der Waals surface area contributed by atoms with Crippen LogP contribution >= 0.6 is 0 Å². The van der Waals surface area contributed by atoms with Crippen molar-refractivity contribution in [1.29, 1.82) is 0 Å². The lowest BCUT2D eigenvalue weighted by Crippen LogP contribution is -2.50. The zero-order valence-electron chi connectivity index (χ0n) is 16.5. The van der Waals surface area contributed by atoms with Crippen molar-refractivity contribution in [3.63, 3.8) is 0 Å². The number of rotatable bonds is 5. The molecule has 1 aromatic carbocycles. The lowest BCUT2D eigenvalue weighted by molar-refractivity contribution is 0.0526. The van der Waals surface area contributed by atoms with Crippen molar-refractivity contribution in [3.8, 4) is 0 Å². The summed E-state index contributed by atoms with van der Waals surface area (Å²) in [6.45, 7) is 6.21. The van der Waals surface area contributed by atoms with Gasteiger partial charge in [0.05, 0.1) is 22.8 Å². The molecule has 3 rings (SSSR count). The number of ether oxygens (including phenoxy) is 1. The Morgan fingerprint density at radius 3 is 2.24 bits per heavy atom. The third-order valence-corrected chi connectivity index (χ3v) is 6.69. The smallest absolute Gasteiger partial charge is 0.338 e. The van der Waals surface area contributed by atoms with Crippen LogP contribution in [0.1, 0.15) is 39.1 Å². The minimum absolute atomic E-state index is 0.0936. The van der Waals surface area contributed by atoms with Crippen LogP contribution in [0.4, 0.5) is 0 Å². The second-order valence-corrected chi connectivity index (χ2v) is 8.58. The zero-order valence-corrected chi connectivity index (χ0v) is 17.4. The maximum Gasteiger partial charge on any atom is 0.338 e. The summed E-state index contributed by atoms with van der Waals surface area (Å²) >= 11 is 0. The summed E-state index contributed by atoms with van der Waals surface area (Å²) in [7, 11) is -3.72. The van der Waals surface area contributed by atoms with E-state index in [1.807, 2.05) is 0 Å². The third-order valence-electron chi connectivity index (χ3n) is 4.78. The Kier molecular flexibility index (Phi) is 6.04. The molecule has 0 N–H and O–H groups in total. The molecule has 0 spiro atoms. The fraction of sp³-hybridized carbons (Fsp3) is 0.421. The van der Waals surface area contributed by atoms with E-state index in [1.54, 1.807) is 25.7 Å². The monoisotopic (exact) mass is 421 g/mol. The van der Waals surface area contributed by atoms with Gasteiger partial charge in [-0.05, 0) is 45.0 Å². The molecule has 0 atom stereocenters. The molecule has 0 aliphatic carbocycles. The molecule has 1 saturated heterocycles. The van der Waals surface area contributed by atoms with Gasteiger partial charge in [0.2, 0.25) is 10.0 Å². The second-order valence-electron chi connectivity index (χ2n) is 6.64. The summed E-state index contributed by atoms with van der Waals surface area (Å²) in [5, 5.41) is 3.80. The molecule has 2 heterocycles. The fourth-order valence-electron chi connectivity index (χ4n) is 3.20. The van der Waals surface area contributed by atoms with Gasteiger partial charge < -0.3 is 14.2 Å². The Morgan fingerprint density at radius 1 is 1.10 bits per heavy atom. The quantitative estimate of drug-likeness (QED) is 0.675. The van der Waals surface area contributed by atoms with Gasteiger partial charge in [0.25, 0.3) is 5.91 Å². The molecular weight excluding hydrogens is 398 g/mol. The molecule has 0 bridgehead atoms. The number of piperazine rings is 1. The van der Waals surface area contributed by atoms with Gasteiger partial charge in [-0.3, -0.25) is 4.79 Å². The summed E-state index contributed by atoms with van der Waals surface area (Å²) in [4.78, 5) is 26.1. The van der Waals surface area contributed by atoms with Gasteiger partial charge in [0, 0.05) is 26.2 Å². The van der Waals surface area contributed by atoms with E-state index in [0.717, 1.165) is 0 Å². The first kappa shape index (κ1) is 21.0. The van der Waals surface area contributed by atoms with Gasteiger partial charge in [-0.2, -0.15) is 4.31 Å². The topological polar surface area (TPSA) is 110 Å². The highest BCUT2D eigenvalue weighted by atomic mass is 32.2. The number of esters is 1. The average molecular weight is 421 g/mol. The van der Waals surface area contributed by atoms with Crippen molar-refractivity contribution in [3.05, 3.63) is 46.8 Å². The molecule has 9 nitrogen and oxygen atoms in total. The molecule has 1 aromatic heterocycles. The highest BCUT2D eigenvalue weighted by molar-refractivity contribution is 7.89. The molecule has 1 amide bonds. The Morgan fingerprint density at radius 2 is 1.72 bits per heavy atom. The van der Waals surface area contributed by atoms with Crippen molar-refractivity contribution in [1.82, 2.24) is 14.4 Å². The second kappa shape index (κ2) is 8.34. The highest BCUT2D eigenvalue weighted by Crippen LogP contribution is 2.21. The van der Waals surface area contributed by atoms with E-state index in [-0.39, 0.29) is 43.6 Å². The summed E-state index contributed by atoms with van der Waals surface area (Å²) in [5.41, 5.74) is 1.24. The molecule has 0 unspecified atom stereocenters. The van der Waals surface area contributed by atoms with Crippen molar-refractivity contribution in [2.75, 3.05) is 32.8 Å². The minimum atomic E-state index is -3.72. The molecule has 29 heavy (non-hydrogen) atoms. The van der Waals surface area contributed by atoms with Crippen LogP contribution in [0.15, 0.2) is 33.7 Å². The first-order valence-electron chi connectivity index (χ1n) is 9.25. The zero-order chi connectivity index (χ0) is 21.2. The van der Waals surface area contributed by atoms with E-state index in [4.69, 9.17) is 9.26 Å². The molecule has 1 aliphatic heterocycles. The molecule has 0 radical (unpaired) electrons. The SMILES string of the molecule is CCOC(=O)c1ccc(S(=O)(=O)N2CCN(C(=O)c3c(C)noc3C)CC2)cc1. The van der Waals surface area contributed by atoms with Gasteiger partial charge in [0.1, 0.15) is 11.3 Å². The number of carbonyl (C=O) groups excluding carboxylic acids is 2. The highest BCUT2D eigenvalue weighted by Gasteiger charge is 2.32. The molecular formula is C19H23N3O6S. The van der Waals surface area contributed by atoms with Crippen LogP contribution in [-0.4, -0.2) is 67.4 Å². The normalized spacial score (nSPS) is 15.3. The number of benzene rings is 1. The number of sulfonamides is 1. The summed E-state index contributed by atoms with van der Waals surface area (Å²) in [6, 6.07) is 5.65. The lowest BCUT2D eigenvalue weighted by atomic mass is 10.1. The van der Waals surface area contributed by atoms with Crippen LogP contribution in [0.25, 0.3) is 0 Å². The van der Waals surface area contributed by atoms with Crippen LogP contribution < -0.4 is 0 Å². The van der Waals surface area contributed by atoms with Crippen molar-refractivity contribution < 1.29 is 27.3 Å². The van der Waals surface area contributed by atoms with Gasteiger partial charge in [-0.1, -0.05) is 5.16 Å². The Hall–Kier alpha value is -2.72. The first-order valence-corrected chi connectivity index (χ1v) is 10.7. The van der Waals surface area contributed by atoms with Crippen LogP contribution in [-0.2, 0) is 14.8 Å². The van der Waals surface area contributed by atoms with Gasteiger partial charge in [-0.25, -0.2) is 13.2 Å². The number of hydrogen-bond acceptors (Lipinski definition) is 7. The maximum absolute atomic E-state index is 12.9. The minimum Gasteiger partial charge on any atom is -0.462 e. The number of aromatic nitrogens is 1. The molecule has 2 aromatic rings. The predicted molar refractivity (Wildman–Crippen MR) is 103 cm³/mol. The number of carbonyl (C=O) groups is 2. The average Bonchev–Trinajstić information content (AvgIpc) is 3.06. The van der Waals surface area contributed by atoms with Crippen LogP contribution in [0.3, 0.4) is 0 Å². The third kappa shape index (κ3) is 4.18. The van der Waals surface area contributed by atoms with Crippen LogP contribution in [0, 0.1) is 13.8 Å². The van der Waals surface area contributed by atoms with E-state index in [2.05, 4.69) is 5.16 Å². The summed E-state index contributed by atoms with van der Waals surface area (Å²) in [5.74, 6) is -0.260. The molecule has 10 heteroatoms. The van der Waals surface area contributed by atoms with Crippen molar-refractivity contribution in [2.24, 2.45) is 0 Å². The number of amides is 1. The Bertz CT molecular complexity index is 986. The molecule has 0 saturated carbocycles. The van der Waals surface area contributed by atoms with E-state index < -0.39 is 16.0 Å². The largest absolute Gasteiger partial charge is 0.462 e. The fourth-order valence-corrected chi connectivity index (χ4v) is 4.63. The molecule has 1 aliphatic rings. The predicted octanol–water partition coefficient (Wildman–Crippen LogP) is 1.61. The number of hydrogen-bond donors (Lipinski definition) is 0. The first-order chi connectivity index (χ1) is 13.8.